The summed E-state index contributed by atoms with van der Waals surface area (Å²) in [6.45, 7) is 3.89. The third-order valence-corrected chi connectivity index (χ3v) is 5.76. The fraction of sp³-hybridized carbons (Fsp3) is 0.667. The van der Waals surface area contributed by atoms with Crippen molar-refractivity contribution in [1.82, 2.24) is 14.3 Å². The molecule has 8 heteroatoms. The molecule has 1 saturated heterocycles. The number of hydrogen-bond donors (Lipinski definition) is 2. The Labute approximate surface area is 118 Å². The first-order valence-corrected chi connectivity index (χ1v) is 8.07. The van der Waals surface area contributed by atoms with E-state index in [1.54, 1.807) is 6.92 Å². The van der Waals surface area contributed by atoms with Crippen molar-refractivity contribution in [1.29, 1.82) is 0 Å². The number of aliphatic carboxylic acids is 1. The minimum atomic E-state index is -3.69. The molecule has 0 spiro atoms. The van der Waals surface area contributed by atoms with E-state index in [-0.39, 0.29) is 18.1 Å². The van der Waals surface area contributed by atoms with E-state index in [9.17, 15) is 18.3 Å². The summed E-state index contributed by atoms with van der Waals surface area (Å²) in [6.07, 6.45) is 2.66. The number of hydrogen-bond acceptors (Lipinski definition) is 4. The number of carboxylic acids is 1. The molecule has 1 atom stereocenters. The molecular weight excluding hydrogens is 282 g/mol. The summed E-state index contributed by atoms with van der Waals surface area (Å²) in [6, 6.07) is 0. The molecule has 2 heterocycles. The van der Waals surface area contributed by atoms with Gasteiger partial charge in [-0.05, 0) is 12.8 Å². The number of rotatable bonds is 5. The lowest BCUT2D eigenvalue weighted by Gasteiger charge is -2.22. The van der Waals surface area contributed by atoms with E-state index >= 15 is 0 Å². The SMILES string of the molecule is CCc1ncc(S(=O)(=O)N2CCC(CC)(C(=O)O)C2)[nH]1. The Morgan fingerprint density at radius 3 is 2.70 bits per heavy atom. The molecule has 1 unspecified atom stereocenters. The van der Waals surface area contributed by atoms with Gasteiger partial charge in [0.1, 0.15) is 5.82 Å². The predicted molar refractivity (Wildman–Crippen MR) is 71.7 cm³/mol. The van der Waals surface area contributed by atoms with Crippen molar-refractivity contribution < 1.29 is 18.3 Å². The first kappa shape index (κ1) is 15.0. The summed E-state index contributed by atoms with van der Waals surface area (Å²) in [7, 11) is -3.69. The fourth-order valence-corrected chi connectivity index (χ4v) is 3.91. The standard InChI is InChI=1S/C12H19N3O4S/c1-3-9-13-7-10(14-9)20(18,19)15-6-5-12(4-2,8-15)11(16)17/h7H,3-6,8H2,1-2H3,(H,13,14)(H,16,17). The van der Waals surface area contributed by atoms with Crippen LogP contribution < -0.4 is 0 Å². The normalized spacial score (nSPS) is 24.1. The van der Waals surface area contributed by atoms with E-state index in [0.29, 0.717) is 25.1 Å². The smallest absolute Gasteiger partial charge is 0.311 e. The van der Waals surface area contributed by atoms with Gasteiger partial charge >= 0.3 is 5.97 Å². The van der Waals surface area contributed by atoms with Crippen LogP contribution in [0.4, 0.5) is 0 Å². The molecule has 0 aromatic carbocycles. The predicted octanol–water partition coefficient (Wildman–Crippen LogP) is 0.847. The molecule has 112 valence electrons. The molecule has 0 saturated carbocycles. The van der Waals surface area contributed by atoms with Crippen molar-refractivity contribution in [2.75, 3.05) is 13.1 Å². The van der Waals surface area contributed by atoms with Gasteiger partial charge in [0.15, 0.2) is 5.03 Å². The average Bonchev–Trinajstić information content (AvgIpc) is 3.06. The molecule has 2 rings (SSSR count). The summed E-state index contributed by atoms with van der Waals surface area (Å²) in [5.41, 5.74) is -0.972. The van der Waals surface area contributed by atoms with Crippen LogP contribution in [0.15, 0.2) is 11.2 Å². The molecule has 0 aliphatic carbocycles. The lowest BCUT2D eigenvalue weighted by molar-refractivity contribution is -0.148. The summed E-state index contributed by atoms with van der Waals surface area (Å²) < 4.78 is 26.1. The molecular formula is C12H19N3O4S. The maximum absolute atomic E-state index is 12.5. The third kappa shape index (κ3) is 2.33. The lowest BCUT2D eigenvalue weighted by Crippen LogP contribution is -2.36. The van der Waals surface area contributed by atoms with Gasteiger partial charge in [-0.25, -0.2) is 13.4 Å². The number of nitrogens with one attached hydrogen (secondary N) is 1. The Bertz CT molecular complexity index is 610. The van der Waals surface area contributed by atoms with Crippen molar-refractivity contribution in [3.8, 4) is 0 Å². The number of sulfonamides is 1. The Morgan fingerprint density at radius 2 is 2.25 bits per heavy atom. The largest absolute Gasteiger partial charge is 0.481 e. The number of aromatic amines is 1. The average molecular weight is 301 g/mol. The van der Waals surface area contributed by atoms with Crippen LogP contribution in [0.2, 0.25) is 0 Å². The van der Waals surface area contributed by atoms with E-state index < -0.39 is 21.4 Å². The Morgan fingerprint density at radius 1 is 1.55 bits per heavy atom. The van der Waals surface area contributed by atoms with Gasteiger partial charge in [0.25, 0.3) is 10.0 Å². The van der Waals surface area contributed by atoms with E-state index in [1.807, 2.05) is 6.92 Å². The highest BCUT2D eigenvalue weighted by Gasteiger charge is 2.47. The Hall–Kier alpha value is -1.41. The van der Waals surface area contributed by atoms with Crippen LogP contribution in [0.5, 0.6) is 0 Å². The molecule has 7 nitrogen and oxygen atoms in total. The molecule has 0 amide bonds. The van der Waals surface area contributed by atoms with Crippen LogP contribution >= 0.6 is 0 Å². The van der Waals surface area contributed by atoms with E-state index in [2.05, 4.69) is 9.97 Å². The summed E-state index contributed by atoms with van der Waals surface area (Å²) in [4.78, 5) is 18.1. The molecule has 0 bridgehead atoms. The number of nitrogens with zero attached hydrogens (tertiary/aromatic N) is 2. The second-order valence-electron chi connectivity index (χ2n) is 5.08. The minimum Gasteiger partial charge on any atom is -0.481 e. The summed E-state index contributed by atoms with van der Waals surface area (Å²) in [5.74, 6) is -0.334. The quantitative estimate of drug-likeness (QED) is 0.839. The second kappa shape index (κ2) is 5.17. The van der Waals surface area contributed by atoms with Crippen LogP contribution in [-0.2, 0) is 21.2 Å². The summed E-state index contributed by atoms with van der Waals surface area (Å²) >= 11 is 0. The molecule has 1 aliphatic heterocycles. The Kier molecular flexibility index (Phi) is 3.88. The van der Waals surface area contributed by atoms with Crippen molar-refractivity contribution in [3.63, 3.8) is 0 Å². The highest BCUT2D eigenvalue weighted by Crippen LogP contribution is 2.36. The number of H-pyrrole nitrogens is 1. The van der Waals surface area contributed by atoms with Crippen molar-refractivity contribution in [2.24, 2.45) is 5.41 Å². The molecule has 1 fully saturated rings. The number of aryl methyl sites for hydroxylation is 1. The first-order chi connectivity index (χ1) is 9.35. The zero-order valence-corrected chi connectivity index (χ0v) is 12.4. The number of imidazole rings is 1. The maximum Gasteiger partial charge on any atom is 0.311 e. The van der Waals surface area contributed by atoms with Gasteiger partial charge in [0, 0.05) is 19.5 Å². The number of carboxylic acid groups (broad SMARTS) is 1. The minimum absolute atomic E-state index is 0.0155. The van der Waals surface area contributed by atoms with E-state index in [0.717, 1.165) is 0 Å². The third-order valence-electron chi connectivity index (χ3n) is 4.01. The van der Waals surface area contributed by atoms with Crippen molar-refractivity contribution in [3.05, 3.63) is 12.0 Å². The first-order valence-electron chi connectivity index (χ1n) is 6.63. The molecule has 2 N–H and O–H groups in total. The molecule has 0 radical (unpaired) electrons. The molecule has 1 aromatic rings. The van der Waals surface area contributed by atoms with Gasteiger partial charge in [0.2, 0.25) is 0 Å². The van der Waals surface area contributed by atoms with Crippen molar-refractivity contribution in [2.45, 2.75) is 38.1 Å². The topological polar surface area (TPSA) is 103 Å². The Balaban J connectivity index is 2.26. The number of carbonyl (C=O) groups is 1. The monoisotopic (exact) mass is 301 g/mol. The fourth-order valence-electron chi connectivity index (χ4n) is 2.45. The molecule has 20 heavy (non-hydrogen) atoms. The van der Waals surface area contributed by atoms with Gasteiger partial charge in [0.05, 0.1) is 11.6 Å². The van der Waals surface area contributed by atoms with Crippen LogP contribution in [-0.4, -0.2) is 46.9 Å². The maximum atomic E-state index is 12.5. The van der Waals surface area contributed by atoms with Gasteiger partial charge in [-0.1, -0.05) is 13.8 Å². The van der Waals surface area contributed by atoms with Crippen LogP contribution in [0.25, 0.3) is 0 Å². The lowest BCUT2D eigenvalue weighted by atomic mass is 9.85. The zero-order valence-electron chi connectivity index (χ0n) is 11.6. The van der Waals surface area contributed by atoms with Gasteiger partial charge in [-0.3, -0.25) is 4.79 Å². The highest BCUT2D eigenvalue weighted by molar-refractivity contribution is 7.89. The van der Waals surface area contributed by atoms with E-state index in [1.165, 1.54) is 10.5 Å². The van der Waals surface area contributed by atoms with Gasteiger partial charge < -0.3 is 10.1 Å². The molecule has 1 aromatic heterocycles. The van der Waals surface area contributed by atoms with Crippen LogP contribution in [0, 0.1) is 5.41 Å². The van der Waals surface area contributed by atoms with Gasteiger partial charge in [-0.2, -0.15) is 4.31 Å². The van der Waals surface area contributed by atoms with Gasteiger partial charge in [-0.15, -0.1) is 0 Å². The summed E-state index contributed by atoms with van der Waals surface area (Å²) in [5, 5.41) is 9.35. The zero-order chi connectivity index (χ0) is 15.0. The van der Waals surface area contributed by atoms with Crippen LogP contribution in [0.3, 0.4) is 0 Å². The molecule has 1 aliphatic rings. The second-order valence-corrected chi connectivity index (χ2v) is 6.98. The number of aromatic nitrogens is 2. The highest BCUT2D eigenvalue weighted by atomic mass is 32.2. The van der Waals surface area contributed by atoms with Crippen LogP contribution in [0.1, 0.15) is 32.5 Å². The van der Waals surface area contributed by atoms with Crippen molar-refractivity contribution >= 4 is 16.0 Å². The van der Waals surface area contributed by atoms with E-state index in [4.69, 9.17) is 0 Å².